The Morgan fingerprint density at radius 3 is 2.15 bits per heavy atom. The summed E-state index contributed by atoms with van der Waals surface area (Å²) in [5, 5.41) is 21.9. The number of allylic oxidation sites excluding steroid dienone is 2. The second-order valence-corrected chi connectivity index (χ2v) is 10.2. The van der Waals surface area contributed by atoms with Crippen LogP contribution in [0.4, 0.5) is 0 Å². The van der Waals surface area contributed by atoms with Gasteiger partial charge in [-0.3, -0.25) is 14.4 Å². The fraction of sp³-hybridized carbons (Fsp3) is 0.762. The Hall–Kier alpha value is -1.49. The van der Waals surface area contributed by atoms with Crippen molar-refractivity contribution in [3.63, 3.8) is 0 Å². The summed E-state index contributed by atoms with van der Waals surface area (Å²) in [6, 6.07) is 0. The first-order valence-corrected chi connectivity index (χ1v) is 9.43. The van der Waals surface area contributed by atoms with Crippen molar-refractivity contribution in [2.75, 3.05) is 0 Å². The number of carbonyl (C=O) groups excluding carboxylic acids is 3. The molecule has 0 amide bonds. The number of ketones is 3. The molecule has 0 radical (unpaired) electrons. The maximum Gasteiger partial charge on any atom is 0.183 e. The molecule has 0 saturated heterocycles. The molecule has 2 N–H and O–H groups in total. The Labute approximate surface area is 154 Å². The maximum absolute atomic E-state index is 13.4. The summed E-state index contributed by atoms with van der Waals surface area (Å²) in [5.41, 5.74) is -4.19. The van der Waals surface area contributed by atoms with Crippen LogP contribution in [0.25, 0.3) is 0 Å². The Kier molecular flexibility index (Phi) is 3.75. The molecule has 0 aliphatic heterocycles. The summed E-state index contributed by atoms with van der Waals surface area (Å²) >= 11 is 0. The van der Waals surface area contributed by atoms with Crippen LogP contribution in [0.1, 0.15) is 61.3 Å². The van der Waals surface area contributed by atoms with Gasteiger partial charge in [0.2, 0.25) is 0 Å². The van der Waals surface area contributed by atoms with E-state index in [0.29, 0.717) is 6.42 Å². The lowest BCUT2D eigenvalue weighted by atomic mass is 9.64. The van der Waals surface area contributed by atoms with Crippen LogP contribution in [0, 0.1) is 34.0 Å². The third-order valence-corrected chi connectivity index (χ3v) is 7.45. The number of rotatable bonds is 3. The molecule has 144 valence electrons. The minimum atomic E-state index is -1.27. The molecular formula is C21H30O5. The van der Waals surface area contributed by atoms with E-state index in [2.05, 4.69) is 0 Å². The van der Waals surface area contributed by atoms with Crippen LogP contribution in [-0.4, -0.2) is 33.2 Å². The van der Waals surface area contributed by atoms with Crippen molar-refractivity contribution in [2.24, 2.45) is 34.0 Å². The van der Waals surface area contributed by atoms with Crippen LogP contribution in [0.15, 0.2) is 11.3 Å². The normalized spacial score (nSPS) is 39.0. The summed E-state index contributed by atoms with van der Waals surface area (Å²) in [6.45, 7) is 12.4. The van der Waals surface area contributed by atoms with E-state index < -0.39 is 39.3 Å². The lowest BCUT2D eigenvalue weighted by Crippen LogP contribution is -2.49. The van der Waals surface area contributed by atoms with Crippen LogP contribution in [0.5, 0.6) is 0 Å². The Morgan fingerprint density at radius 1 is 1.15 bits per heavy atom. The molecule has 3 aliphatic rings. The molecular weight excluding hydrogens is 332 g/mol. The highest BCUT2D eigenvalue weighted by molar-refractivity contribution is 6.32. The number of hydrogen-bond donors (Lipinski definition) is 2. The monoisotopic (exact) mass is 362 g/mol. The van der Waals surface area contributed by atoms with Gasteiger partial charge in [-0.1, -0.05) is 27.7 Å². The van der Waals surface area contributed by atoms with Gasteiger partial charge in [0.1, 0.15) is 11.3 Å². The zero-order chi connectivity index (χ0) is 20.0. The Balaban J connectivity index is 2.30. The van der Waals surface area contributed by atoms with Gasteiger partial charge in [-0.15, -0.1) is 0 Å². The van der Waals surface area contributed by atoms with Crippen molar-refractivity contribution in [2.45, 2.75) is 66.9 Å². The number of fused-ring (bicyclic) bond motifs is 1. The van der Waals surface area contributed by atoms with Crippen LogP contribution in [0.3, 0.4) is 0 Å². The van der Waals surface area contributed by atoms with E-state index >= 15 is 0 Å². The summed E-state index contributed by atoms with van der Waals surface area (Å²) in [5.74, 6) is -2.53. The number of hydrogen-bond acceptors (Lipinski definition) is 5. The van der Waals surface area contributed by atoms with Crippen molar-refractivity contribution in [1.29, 1.82) is 0 Å². The highest BCUT2D eigenvalue weighted by Gasteiger charge is 2.77. The first-order chi connectivity index (χ1) is 11.6. The molecule has 4 atom stereocenters. The van der Waals surface area contributed by atoms with Crippen molar-refractivity contribution < 1.29 is 24.6 Å². The molecule has 26 heavy (non-hydrogen) atoms. The van der Waals surface area contributed by atoms with Crippen LogP contribution < -0.4 is 0 Å². The zero-order valence-electron chi connectivity index (χ0n) is 16.8. The van der Waals surface area contributed by atoms with Crippen LogP contribution >= 0.6 is 0 Å². The second kappa shape index (κ2) is 5.06. The lowest BCUT2D eigenvalue weighted by Gasteiger charge is -2.40. The fourth-order valence-corrected chi connectivity index (χ4v) is 6.14. The van der Waals surface area contributed by atoms with E-state index in [4.69, 9.17) is 0 Å². The number of carbonyl (C=O) groups is 3. The third kappa shape index (κ3) is 1.98. The van der Waals surface area contributed by atoms with Gasteiger partial charge in [-0.25, -0.2) is 0 Å². The maximum atomic E-state index is 13.4. The van der Waals surface area contributed by atoms with E-state index in [1.54, 1.807) is 34.6 Å². The van der Waals surface area contributed by atoms with Crippen molar-refractivity contribution in [3.8, 4) is 0 Å². The van der Waals surface area contributed by atoms with E-state index in [9.17, 15) is 24.6 Å². The van der Waals surface area contributed by atoms with Crippen molar-refractivity contribution in [1.82, 2.24) is 0 Å². The van der Waals surface area contributed by atoms with Crippen molar-refractivity contribution >= 4 is 17.3 Å². The van der Waals surface area contributed by atoms with E-state index in [-0.39, 0.29) is 35.4 Å². The van der Waals surface area contributed by atoms with Gasteiger partial charge in [0.05, 0.1) is 16.4 Å². The predicted octanol–water partition coefficient (Wildman–Crippen LogP) is 3.01. The Bertz CT molecular complexity index is 751. The first-order valence-electron chi connectivity index (χ1n) is 9.43. The van der Waals surface area contributed by atoms with Gasteiger partial charge >= 0.3 is 0 Å². The smallest absolute Gasteiger partial charge is 0.183 e. The molecule has 0 aromatic rings. The molecule has 1 unspecified atom stereocenters. The van der Waals surface area contributed by atoms with Gasteiger partial charge < -0.3 is 10.2 Å². The van der Waals surface area contributed by atoms with E-state index in [1.807, 2.05) is 13.8 Å². The molecule has 3 aliphatic carbocycles. The molecule has 2 fully saturated rings. The van der Waals surface area contributed by atoms with Gasteiger partial charge in [-0.2, -0.15) is 0 Å². The minimum absolute atomic E-state index is 0.184. The minimum Gasteiger partial charge on any atom is -0.510 e. The molecule has 0 aromatic carbocycles. The van der Waals surface area contributed by atoms with Crippen LogP contribution in [-0.2, 0) is 14.4 Å². The van der Waals surface area contributed by atoms with Gasteiger partial charge in [0, 0.05) is 5.92 Å². The Morgan fingerprint density at radius 2 is 1.69 bits per heavy atom. The number of Topliss-reactive ketones (excluding diaryl/α,β-unsaturated/α-hetero) is 3. The van der Waals surface area contributed by atoms with Gasteiger partial charge in [0.15, 0.2) is 17.3 Å². The lowest BCUT2D eigenvalue weighted by molar-refractivity contribution is -0.143. The SMILES string of the molecule is CC(C)C(=O)C1=C(O)C23C[C@@H](C(C)(C)O)C(C)(C)[C@@H]2C[C@@](C)(C1=O)C3=O. The number of aliphatic hydroxyl groups excluding tert-OH is 1. The summed E-state index contributed by atoms with van der Waals surface area (Å²) in [6.07, 6.45) is 0.569. The van der Waals surface area contributed by atoms with E-state index in [1.165, 1.54) is 0 Å². The molecule has 0 heterocycles. The summed E-state index contributed by atoms with van der Waals surface area (Å²) in [4.78, 5) is 39.2. The third-order valence-electron chi connectivity index (χ3n) is 7.45. The summed E-state index contributed by atoms with van der Waals surface area (Å²) in [7, 11) is 0. The van der Waals surface area contributed by atoms with Gasteiger partial charge in [-0.05, 0) is 50.9 Å². The molecule has 5 nitrogen and oxygen atoms in total. The van der Waals surface area contributed by atoms with Crippen molar-refractivity contribution in [3.05, 3.63) is 11.3 Å². The molecule has 1 spiro atoms. The quantitative estimate of drug-likeness (QED) is 0.595. The number of aliphatic hydroxyl groups is 2. The predicted molar refractivity (Wildman–Crippen MR) is 96.3 cm³/mol. The average molecular weight is 362 g/mol. The summed E-state index contributed by atoms with van der Waals surface area (Å²) < 4.78 is 0. The average Bonchev–Trinajstić information content (AvgIpc) is 2.85. The largest absolute Gasteiger partial charge is 0.510 e. The standard InChI is InChI=1S/C21H30O5/c1-10(2)14(22)13-15(23)20(7)8-12-18(3,4)11(19(5,6)26)9-21(12,16(13)24)17(20)25/h10-12,24,26H,8-9H2,1-7H3/t11-,12+,20+,21?/m1/s1. The molecule has 5 heteroatoms. The molecule has 2 bridgehead atoms. The zero-order valence-corrected chi connectivity index (χ0v) is 16.8. The highest BCUT2D eigenvalue weighted by atomic mass is 16.3. The molecule has 3 rings (SSSR count). The molecule has 2 saturated carbocycles. The highest BCUT2D eigenvalue weighted by Crippen LogP contribution is 2.73. The second-order valence-electron chi connectivity index (χ2n) is 10.2. The topological polar surface area (TPSA) is 91.7 Å². The molecule has 0 aromatic heterocycles. The van der Waals surface area contributed by atoms with E-state index in [0.717, 1.165) is 0 Å². The fourth-order valence-electron chi connectivity index (χ4n) is 6.14. The van der Waals surface area contributed by atoms with Gasteiger partial charge in [0.25, 0.3) is 0 Å². The first kappa shape index (κ1) is 19.3. The van der Waals surface area contributed by atoms with Crippen LogP contribution in [0.2, 0.25) is 0 Å².